The molecule has 0 fully saturated rings. The second-order valence-electron chi connectivity index (χ2n) is 3.46. The summed E-state index contributed by atoms with van der Waals surface area (Å²) in [5, 5.41) is 0. The first-order valence-electron chi connectivity index (χ1n) is 5.53. The summed E-state index contributed by atoms with van der Waals surface area (Å²) in [7, 11) is 0. The molecule has 0 heterocycles. The molecule has 1 N–H and O–H groups in total. The predicted molar refractivity (Wildman–Crippen MR) is 69.7 cm³/mol. The third-order valence-corrected chi connectivity index (χ3v) is 2.35. The standard InChI is InChI=1S/C13H16ClNO2/c1-2-17-13(16)7-6-11-4-3-5-12(10-11)8-9-15-14/h3-7,10,15H,2,8-9H2,1H3. The van der Waals surface area contributed by atoms with Gasteiger partial charge in [-0.1, -0.05) is 24.3 Å². The molecule has 0 saturated heterocycles. The van der Waals surface area contributed by atoms with Crippen molar-refractivity contribution in [3.05, 3.63) is 41.5 Å². The molecule has 4 heteroatoms. The third-order valence-electron chi connectivity index (χ3n) is 2.16. The highest BCUT2D eigenvalue weighted by atomic mass is 35.5. The zero-order chi connectivity index (χ0) is 12.5. The smallest absolute Gasteiger partial charge is 0.330 e. The van der Waals surface area contributed by atoms with E-state index in [9.17, 15) is 4.79 Å². The van der Waals surface area contributed by atoms with E-state index in [1.54, 1.807) is 13.0 Å². The molecular formula is C13H16ClNO2. The van der Waals surface area contributed by atoms with Crippen molar-refractivity contribution in [3.63, 3.8) is 0 Å². The van der Waals surface area contributed by atoms with E-state index in [4.69, 9.17) is 16.5 Å². The van der Waals surface area contributed by atoms with Crippen LogP contribution in [0.25, 0.3) is 6.08 Å². The molecule has 0 aliphatic heterocycles. The van der Waals surface area contributed by atoms with Gasteiger partial charge in [0.05, 0.1) is 6.61 Å². The van der Waals surface area contributed by atoms with Gasteiger partial charge in [-0.2, -0.15) is 0 Å². The molecule has 0 radical (unpaired) electrons. The second-order valence-corrected chi connectivity index (χ2v) is 3.73. The molecule has 1 aromatic rings. The zero-order valence-electron chi connectivity index (χ0n) is 9.78. The van der Waals surface area contributed by atoms with Gasteiger partial charge in [-0.3, -0.25) is 0 Å². The number of halogens is 1. The first kappa shape index (κ1) is 13.7. The van der Waals surface area contributed by atoms with Crippen LogP contribution in [-0.4, -0.2) is 19.1 Å². The molecular weight excluding hydrogens is 238 g/mol. The number of hydrogen-bond donors (Lipinski definition) is 1. The summed E-state index contributed by atoms with van der Waals surface area (Å²) in [6.45, 7) is 2.89. The molecule has 1 rings (SSSR count). The monoisotopic (exact) mass is 253 g/mol. The highest BCUT2D eigenvalue weighted by molar-refractivity contribution is 6.13. The van der Waals surface area contributed by atoms with Crippen LogP contribution >= 0.6 is 11.8 Å². The summed E-state index contributed by atoms with van der Waals surface area (Å²) in [4.78, 5) is 13.7. The number of ether oxygens (including phenoxy) is 1. The lowest BCUT2D eigenvalue weighted by atomic mass is 10.1. The molecule has 0 amide bonds. The third kappa shape index (κ3) is 5.52. The molecule has 0 atom stereocenters. The van der Waals surface area contributed by atoms with Gasteiger partial charge in [0, 0.05) is 12.6 Å². The van der Waals surface area contributed by atoms with Crippen LogP contribution in [0.2, 0.25) is 0 Å². The molecule has 0 aromatic heterocycles. The SMILES string of the molecule is CCOC(=O)C=Cc1cccc(CCNCl)c1. The Morgan fingerprint density at radius 3 is 3.06 bits per heavy atom. The van der Waals surface area contributed by atoms with E-state index < -0.39 is 0 Å². The molecule has 0 aliphatic carbocycles. The number of esters is 1. The van der Waals surface area contributed by atoms with Crippen LogP contribution in [-0.2, 0) is 16.0 Å². The zero-order valence-corrected chi connectivity index (χ0v) is 10.5. The van der Waals surface area contributed by atoms with E-state index in [0.29, 0.717) is 13.2 Å². The lowest BCUT2D eigenvalue weighted by molar-refractivity contribution is -0.137. The fourth-order valence-electron chi connectivity index (χ4n) is 1.40. The minimum atomic E-state index is -0.319. The Labute approximate surface area is 107 Å². The predicted octanol–water partition coefficient (Wildman–Crippen LogP) is 2.55. The van der Waals surface area contributed by atoms with E-state index in [2.05, 4.69) is 4.84 Å². The van der Waals surface area contributed by atoms with Gasteiger partial charge in [0.25, 0.3) is 0 Å². The van der Waals surface area contributed by atoms with Crippen molar-refractivity contribution in [2.75, 3.05) is 13.2 Å². The first-order chi connectivity index (χ1) is 8.26. The molecule has 3 nitrogen and oxygen atoms in total. The maximum atomic E-state index is 11.1. The van der Waals surface area contributed by atoms with Crippen molar-refractivity contribution < 1.29 is 9.53 Å². The number of carbonyl (C=O) groups is 1. The Morgan fingerprint density at radius 2 is 2.35 bits per heavy atom. The van der Waals surface area contributed by atoms with Gasteiger partial charge >= 0.3 is 5.97 Å². The average molecular weight is 254 g/mol. The van der Waals surface area contributed by atoms with Crippen molar-refractivity contribution in [2.24, 2.45) is 0 Å². The number of carbonyl (C=O) groups excluding carboxylic acids is 1. The molecule has 92 valence electrons. The summed E-state index contributed by atoms with van der Waals surface area (Å²) in [6.07, 6.45) is 4.03. The topological polar surface area (TPSA) is 38.3 Å². The molecule has 0 spiro atoms. The summed E-state index contributed by atoms with van der Waals surface area (Å²) in [5.74, 6) is -0.319. The van der Waals surface area contributed by atoms with E-state index in [1.165, 1.54) is 11.6 Å². The minimum absolute atomic E-state index is 0.319. The molecule has 0 bridgehead atoms. The maximum absolute atomic E-state index is 11.1. The Bertz CT molecular complexity index is 391. The fourth-order valence-corrected chi connectivity index (χ4v) is 1.49. The van der Waals surface area contributed by atoms with Gasteiger partial charge < -0.3 is 4.74 Å². The summed E-state index contributed by atoms with van der Waals surface area (Å²) < 4.78 is 4.81. The van der Waals surface area contributed by atoms with Crippen LogP contribution in [0.4, 0.5) is 0 Å². The van der Waals surface area contributed by atoms with Gasteiger partial charge in [0.1, 0.15) is 0 Å². The van der Waals surface area contributed by atoms with Gasteiger partial charge in [-0.15, -0.1) is 0 Å². The van der Waals surface area contributed by atoms with Crippen LogP contribution in [0.1, 0.15) is 18.1 Å². The number of rotatable bonds is 6. The van der Waals surface area contributed by atoms with Gasteiger partial charge in [0.15, 0.2) is 0 Å². The van der Waals surface area contributed by atoms with Crippen molar-refractivity contribution in [3.8, 4) is 0 Å². The van der Waals surface area contributed by atoms with Crippen molar-refractivity contribution in [1.29, 1.82) is 0 Å². The highest BCUT2D eigenvalue weighted by Crippen LogP contribution is 2.07. The van der Waals surface area contributed by atoms with Gasteiger partial charge in [0.2, 0.25) is 0 Å². The van der Waals surface area contributed by atoms with Crippen LogP contribution in [0.15, 0.2) is 30.3 Å². The Morgan fingerprint density at radius 1 is 1.53 bits per heavy atom. The van der Waals surface area contributed by atoms with Crippen LogP contribution in [0, 0.1) is 0 Å². The average Bonchev–Trinajstić information content (AvgIpc) is 2.35. The van der Waals surface area contributed by atoms with Crippen molar-refractivity contribution in [2.45, 2.75) is 13.3 Å². The first-order valence-corrected chi connectivity index (χ1v) is 5.91. The normalized spacial score (nSPS) is 10.7. The Kier molecular flexibility index (Phi) is 6.37. The quantitative estimate of drug-likeness (QED) is 0.481. The lowest BCUT2D eigenvalue weighted by Crippen LogP contribution is -2.04. The molecule has 0 aliphatic rings. The highest BCUT2D eigenvalue weighted by Gasteiger charge is 1.96. The minimum Gasteiger partial charge on any atom is -0.463 e. The van der Waals surface area contributed by atoms with E-state index in [0.717, 1.165) is 12.0 Å². The van der Waals surface area contributed by atoms with Crippen molar-refractivity contribution in [1.82, 2.24) is 4.84 Å². The van der Waals surface area contributed by atoms with E-state index in [-0.39, 0.29) is 5.97 Å². The fraction of sp³-hybridized carbons (Fsp3) is 0.308. The summed E-state index contributed by atoms with van der Waals surface area (Å²) in [5.41, 5.74) is 2.15. The molecule has 17 heavy (non-hydrogen) atoms. The molecule has 0 saturated carbocycles. The second kappa shape index (κ2) is 7.87. The summed E-state index contributed by atoms with van der Waals surface area (Å²) >= 11 is 5.40. The van der Waals surface area contributed by atoms with Crippen molar-refractivity contribution >= 4 is 23.8 Å². The Balaban J connectivity index is 2.61. The lowest BCUT2D eigenvalue weighted by Gasteiger charge is -2.01. The van der Waals surface area contributed by atoms with Gasteiger partial charge in [-0.05, 0) is 42.3 Å². The summed E-state index contributed by atoms with van der Waals surface area (Å²) in [6, 6.07) is 7.93. The van der Waals surface area contributed by atoms with E-state index >= 15 is 0 Å². The molecule has 0 unspecified atom stereocenters. The maximum Gasteiger partial charge on any atom is 0.330 e. The van der Waals surface area contributed by atoms with Crippen LogP contribution in [0.3, 0.4) is 0 Å². The molecule has 1 aromatic carbocycles. The van der Waals surface area contributed by atoms with Crippen LogP contribution < -0.4 is 4.84 Å². The number of nitrogens with one attached hydrogen (secondary N) is 1. The largest absolute Gasteiger partial charge is 0.463 e. The van der Waals surface area contributed by atoms with Crippen LogP contribution in [0.5, 0.6) is 0 Å². The Hall–Kier alpha value is -1.32. The number of hydrogen-bond acceptors (Lipinski definition) is 3. The number of benzene rings is 1. The van der Waals surface area contributed by atoms with Gasteiger partial charge in [-0.25, -0.2) is 9.63 Å². The van der Waals surface area contributed by atoms with E-state index in [1.807, 2.05) is 24.3 Å².